The lowest BCUT2D eigenvalue weighted by molar-refractivity contribution is -0.131. The molecular formula is C14H22N2O2. The van der Waals surface area contributed by atoms with Crippen LogP contribution in [0.15, 0.2) is 12.2 Å². The molecule has 0 spiro atoms. The molecule has 1 unspecified atom stereocenters. The summed E-state index contributed by atoms with van der Waals surface area (Å²) in [6.45, 7) is 6.68. The molecule has 100 valence electrons. The molecule has 0 aliphatic carbocycles. The van der Waals surface area contributed by atoms with Gasteiger partial charge in [-0.05, 0) is 25.7 Å². The zero-order valence-corrected chi connectivity index (χ0v) is 11.3. The zero-order chi connectivity index (χ0) is 13.1. The van der Waals surface area contributed by atoms with Crippen molar-refractivity contribution in [2.24, 2.45) is 5.92 Å². The Labute approximate surface area is 109 Å². The summed E-state index contributed by atoms with van der Waals surface area (Å²) in [7, 11) is 0. The molecule has 0 saturated carbocycles. The number of nitrogens with zero attached hydrogens (tertiary/aromatic N) is 2. The summed E-state index contributed by atoms with van der Waals surface area (Å²) in [5, 5.41) is 0. The Hall–Kier alpha value is -1.32. The van der Waals surface area contributed by atoms with Crippen LogP contribution in [0.25, 0.3) is 0 Å². The summed E-state index contributed by atoms with van der Waals surface area (Å²) in [6, 6.07) is 0.180. The minimum absolute atomic E-state index is 0.0738. The summed E-state index contributed by atoms with van der Waals surface area (Å²) in [5.74, 6) is 0.953. The molecule has 0 aromatic heterocycles. The summed E-state index contributed by atoms with van der Waals surface area (Å²) in [6.07, 6.45) is 5.98. The smallest absolute Gasteiger partial charge is 0.246 e. The number of carbonyl (C=O) groups excluding carboxylic acids is 2. The fourth-order valence-corrected chi connectivity index (χ4v) is 2.66. The van der Waals surface area contributed by atoms with E-state index in [9.17, 15) is 9.59 Å². The predicted molar refractivity (Wildman–Crippen MR) is 69.9 cm³/mol. The second kappa shape index (κ2) is 5.55. The minimum Gasteiger partial charge on any atom is -0.342 e. The highest BCUT2D eigenvalue weighted by Gasteiger charge is 2.24. The van der Waals surface area contributed by atoms with E-state index in [4.69, 9.17) is 0 Å². The van der Waals surface area contributed by atoms with Crippen LogP contribution in [0, 0.1) is 5.92 Å². The van der Waals surface area contributed by atoms with Crippen LogP contribution in [0.5, 0.6) is 0 Å². The molecule has 0 N–H and O–H groups in total. The highest BCUT2D eigenvalue weighted by molar-refractivity contribution is 5.90. The Morgan fingerprint density at radius 3 is 2.78 bits per heavy atom. The zero-order valence-electron chi connectivity index (χ0n) is 11.3. The van der Waals surface area contributed by atoms with Gasteiger partial charge in [0.1, 0.15) is 0 Å². The van der Waals surface area contributed by atoms with E-state index in [1.165, 1.54) is 0 Å². The largest absolute Gasteiger partial charge is 0.342 e. The number of carbonyl (C=O) groups is 2. The van der Waals surface area contributed by atoms with E-state index in [2.05, 4.69) is 6.92 Å². The van der Waals surface area contributed by atoms with Gasteiger partial charge in [-0.3, -0.25) is 9.59 Å². The van der Waals surface area contributed by atoms with Gasteiger partial charge in [-0.15, -0.1) is 0 Å². The standard InChI is InChI=1S/C14H22N2O2/c1-11-7-9-15(10-11)13(17)4-3-8-16-12(2)5-6-14(16)18/h5-6,11-12H,3-4,7-10H2,1-2H3/t11-,12?/m0/s1. The first kappa shape index (κ1) is 13.1. The van der Waals surface area contributed by atoms with Crippen molar-refractivity contribution in [2.45, 2.75) is 39.2 Å². The van der Waals surface area contributed by atoms with E-state index in [1.807, 2.05) is 22.8 Å². The molecule has 0 bridgehead atoms. The number of rotatable bonds is 4. The molecule has 2 heterocycles. The van der Waals surface area contributed by atoms with Crippen LogP contribution in [0.3, 0.4) is 0 Å². The highest BCUT2D eigenvalue weighted by Crippen LogP contribution is 2.17. The van der Waals surface area contributed by atoms with E-state index in [1.54, 1.807) is 6.08 Å². The second-order valence-electron chi connectivity index (χ2n) is 5.47. The van der Waals surface area contributed by atoms with Crippen molar-refractivity contribution in [2.75, 3.05) is 19.6 Å². The third-order valence-electron chi connectivity index (χ3n) is 3.86. The van der Waals surface area contributed by atoms with Crippen LogP contribution >= 0.6 is 0 Å². The molecule has 2 rings (SSSR count). The molecule has 0 aromatic carbocycles. The van der Waals surface area contributed by atoms with Gasteiger partial charge in [0.2, 0.25) is 11.8 Å². The molecule has 4 nitrogen and oxygen atoms in total. The molecule has 2 atom stereocenters. The molecule has 2 aliphatic rings. The number of amides is 2. The fourth-order valence-electron chi connectivity index (χ4n) is 2.66. The SMILES string of the molecule is CC1C=CC(=O)N1CCCC(=O)N1CC[C@H](C)C1. The van der Waals surface area contributed by atoms with Crippen LogP contribution in [0.1, 0.15) is 33.1 Å². The van der Waals surface area contributed by atoms with Gasteiger partial charge in [-0.2, -0.15) is 0 Å². The maximum atomic E-state index is 11.9. The van der Waals surface area contributed by atoms with Gasteiger partial charge in [0, 0.05) is 38.2 Å². The average Bonchev–Trinajstić information content (AvgIpc) is 2.89. The molecule has 2 amide bonds. The average molecular weight is 250 g/mol. The lowest BCUT2D eigenvalue weighted by Gasteiger charge is -2.22. The van der Waals surface area contributed by atoms with Gasteiger partial charge in [0.25, 0.3) is 0 Å². The number of hydrogen-bond acceptors (Lipinski definition) is 2. The highest BCUT2D eigenvalue weighted by atomic mass is 16.2. The topological polar surface area (TPSA) is 40.6 Å². The molecular weight excluding hydrogens is 228 g/mol. The van der Waals surface area contributed by atoms with E-state index in [0.29, 0.717) is 18.9 Å². The van der Waals surface area contributed by atoms with Crippen molar-refractivity contribution in [1.29, 1.82) is 0 Å². The maximum Gasteiger partial charge on any atom is 0.246 e. The number of hydrogen-bond donors (Lipinski definition) is 0. The predicted octanol–water partition coefficient (Wildman–Crippen LogP) is 1.42. The van der Waals surface area contributed by atoms with Crippen molar-refractivity contribution in [3.8, 4) is 0 Å². The van der Waals surface area contributed by atoms with Crippen LogP contribution in [0.4, 0.5) is 0 Å². The molecule has 4 heteroatoms. The van der Waals surface area contributed by atoms with E-state index in [-0.39, 0.29) is 17.9 Å². The Kier molecular flexibility index (Phi) is 4.04. The van der Waals surface area contributed by atoms with Crippen LogP contribution in [-0.2, 0) is 9.59 Å². The van der Waals surface area contributed by atoms with E-state index < -0.39 is 0 Å². The van der Waals surface area contributed by atoms with Gasteiger partial charge in [-0.25, -0.2) is 0 Å². The van der Waals surface area contributed by atoms with Gasteiger partial charge in [-0.1, -0.05) is 13.0 Å². The molecule has 0 radical (unpaired) electrons. The third kappa shape index (κ3) is 2.92. The van der Waals surface area contributed by atoms with E-state index in [0.717, 1.165) is 25.9 Å². The Morgan fingerprint density at radius 1 is 1.44 bits per heavy atom. The van der Waals surface area contributed by atoms with Gasteiger partial charge < -0.3 is 9.80 Å². The molecule has 2 aliphatic heterocycles. The normalized spacial score (nSPS) is 27.3. The first-order valence-electron chi connectivity index (χ1n) is 6.84. The Balaban J connectivity index is 1.69. The summed E-state index contributed by atoms with van der Waals surface area (Å²) < 4.78 is 0. The minimum atomic E-state index is 0.0738. The molecule has 1 saturated heterocycles. The van der Waals surface area contributed by atoms with Gasteiger partial charge in [0.05, 0.1) is 0 Å². The maximum absolute atomic E-state index is 11.9. The van der Waals surface area contributed by atoms with Crippen molar-refractivity contribution in [1.82, 2.24) is 9.80 Å². The monoisotopic (exact) mass is 250 g/mol. The van der Waals surface area contributed by atoms with Crippen molar-refractivity contribution in [3.63, 3.8) is 0 Å². The quantitative estimate of drug-likeness (QED) is 0.757. The first-order valence-corrected chi connectivity index (χ1v) is 6.84. The van der Waals surface area contributed by atoms with Crippen LogP contribution in [-0.4, -0.2) is 47.3 Å². The van der Waals surface area contributed by atoms with Crippen molar-refractivity contribution >= 4 is 11.8 Å². The lowest BCUT2D eigenvalue weighted by atomic mass is 10.2. The first-order chi connectivity index (χ1) is 8.58. The van der Waals surface area contributed by atoms with Crippen LogP contribution < -0.4 is 0 Å². The van der Waals surface area contributed by atoms with Crippen LogP contribution in [0.2, 0.25) is 0 Å². The summed E-state index contributed by atoms with van der Waals surface area (Å²) in [4.78, 5) is 27.2. The summed E-state index contributed by atoms with van der Waals surface area (Å²) >= 11 is 0. The number of likely N-dealkylation sites (tertiary alicyclic amines) is 1. The lowest BCUT2D eigenvalue weighted by Crippen LogP contribution is -2.34. The van der Waals surface area contributed by atoms with Gasteiger partial charge >= 0.3 is 0 Å². The van der Waals surface area contributed by atoms with Gasteiger partial charge in [0.15, 0.2) is 0 Å². The molecule has 18 heavy (non-hydrogen) atoms. The molecule has 0 aromatic rings. The third-order valence-corrected chi connectivity index (χ3v) is 3.86. The molecule has 1 fully saturated rings. The Bertz CT molecular complexity index is 365. The van der Waals surface area contributed by atoms with Crippen molar-refractivity contribution in [3.05, 3.63) is 12.2 Å². The fraction of sp³-hybridized carbons (Fsp3) is 0.714. The van der Waals surface area contributed by atoms with E-state index >= 15 is 0 Å². The van der Waals surface area contributed by atoms with Crippen molar-refractivity contribution < 1.29 is 9.59 Å². The summed E-state index contributed by atoms with van der Waals surface area (Å²) in [5.41, 5.74) is 0. The second-order valence-corrected chi connectivity index (χ2v) is 5.47. The Morgan fingerprint density at radius 2 is 2.22 bits per heavy atom.